The van der Waals surface area contributed by atoms with Crippen LogP contribution in [0.4, 0.5) is 5.00 Å². The zero-order valence-corrected chi connectivity index (χ0v) is 17.4. The molecule has 0 unspecified atom stereocenters. The largest absolute Gasteiger partial charge is 0.422 e. The van der Waals surface area contributed by atoms with Crippen molar-refractivity contribution in [3.63, 3.8) is 0 Å². The van der Waals surface area contributed by atoms with Crippen LogP contribution in [0.1, 0.15) is 20.7 Å². The molecule has 2 heterocycles. The van der Waals surface area contributed by atoms with E-state index in [-0.39, 0.29) is 16.1 Å². The van der Waals surface area contributed by atoms with Gasteiger partial charge < -0.3 is 15.5 Å². The van der Waals surface area contributed by atoms with Gasteiger partial charge in [-0.2, -0.15) is 0 Å². The van der Waals surface area contributed by atoms with Crippen molar-refractivity contribution in [2.45, 2.75) is 0 Å². The minimum absolute atomic E-state index is 0.154. The molecule has 0 radical (unpaired) electrons. The summed E-state index contributed by atoms with van der Waals surface area (Å²) in [6.07, 6.45) is 0. The third-order valence-electron chi connectivity index (χ3n) is 5.17. The molecule has 0 saturated heterocycles. The lowest BCUT2D eigenvalue weighted by Crippen LogP contribution is -2.22. The molecule has 0 aliphatic rings. The summed E-state index contributed by atoms with van der Waals surface area (Å²) in [6, 6.07) is 23.8. The highest BCUT2D eigenvalue weighted by Gasteiger charge is 2.20. The molecule has 156 valence electrons. The SMILES string of the molecule is NC(=O)c1cc(-c2ccccc2)sc1NC(=O)c1cc2c(ccc3ccccc32)oc1=O. The maximum Gasteiger partial charge on any atom is 0.349 e. The Kier molecular flexibility index (Phi) is 4.80. The fourth-order valence-corrected chi connectivity index (χ4v) is 4.68. The van der Waals surface area contributed by atoms with E-state index in [1.54, 1.807) is 12.1 Å². The highest BCUT2D eigenvalue weighted by molar-refractivity contribution is 7.20. The van der Waals surface area contributed by atoms with Crippen LogP contribution in [0.5, 0.6) is 0 Å². The van der Waals surface area contributed by atoms with E-state index in [0.29, 0.717) is 11.0 Å². The van der Waals surface area contributed by atoms with Gasteiger partial charge in [-0.05, 0) is 34.5 Å². The van der Waals surface area contributed by atoms with E-state index in [0.717, 1.165) is 21.2 Å². The topological polar surface area (TPSA) is 102 Å². The van der Waals surface area contributed by atoms with E-state index in [4.69, 9.17) is 10.2 Å². The monoisotopic (exact) mass is 440 g/mol. The smallest absolute Gasteiger partial charge is 0.349 e. The Morgan fingerprint density at radius 2 is 1.59 bits per heavy atom. The highest BCUT2D eigenvalue weighted by Crippen LogP contribution is 2.35. The average Bonchev–Trinajstić information content (AvgIpc) is 3.23. The first-order valence-electron chi connectivity index (χ1n) is 9.77. The third kappa shape index (κ3) is 3.44. The molecular formula is C25H16N2O4S. The summed E-state index contributed by atoms with van der Waals surface area (Å²) in [5.74, 6) is -1.34. The van der Waals surface area contributed by atoms with E-state index in [1.807, 2.05) is 60.7 Å². The fraction of sp³-hybridized carbons (Fsp3) is 0. The van der Waals surface area contributed by atoms with Gasteiger partial charge in [-0.1, -0.05) is 60.7 Å². The second-order valence-corrected chi connectivity index (χ2v) is 8.24. The Morgan fingerprint density at radius 1 is 0.844 bits per heavy atom. The summed E-state index contributed by atoms with van der Waals surface area (Å²) in [6.45, 7) is 0. The lowest BCUT2D eigenvalue weighted by Gasteiger charge is -2.06. The molecule has 2 aromatic heterocycles. The lowest BCUT2D eigenvalue weighted by molar-refractivity contribution is 0.100. The van der Waals surface area contributed by atoms with Gasteiger partial charge in [0.1, 0.15) is 16.1 Å². The number of anilines is 1. The number of benzene rings is 3. The van der Waals surface area contributed by atoms with Crippen LogP contribution in [0.2, 0.25) is 0 Å². The Hall–Kier alpha value is -4.23. The molecule has 32 heavy (non-hydrogen) atoms. The van der Waals surface area contributed by atoms with Crippen molar-refractivity contribution in [3.8, 4) is 10.4 Å². The van der Waals surface area contributed by atoms with Gasteiger partial charge in [0.2, 0.25) is 0 Å². The molecule has 0 aliphatic heterocycles. The first-order chi connectivity index (χ1) is 15.5. The summed E-state index contributed by atoms with van der Waals surface area (Å²) >= 11 is 1.21. The number of fused-ring (bicyclic) bond motifs is 3. The molecule has 0 atom stereocenters. The van der Waals surface area contributed by atoms with Crippen molar-refractivity contribution in [1.29, 1.82) is 0 Å². The van der Waals surface area contributed by atoms with Crippen molar-refractivity contribution in [2.75, 3.05) is 5.32 Å². The molecule has 0 saturated carbocycles. The van der Waals surface area contributed by atoms with E-state index in [2.05, 4.69) is 5.32 Å². The zero-order valence-electron chi connectivity index (χ0n) is 16.6. The number of hydrogen-bond acceptors (Lipinski definition) is 5. The molecule has 5 rings (SSSR count). The number of nitrogens with two attached hydrogens (primary N) is 1. The van der Waals surface area contributed by atoms with Crippen molar-refractivity contribution < 1.29 is 14.0 Å². The first kappa shape index (κ1) is 19.7. The predicted octanol–water partition coefficient (Wildman–Crippen LogP) is 5.03. The van der Waals surface area contributed by atoms with E-state index in [9.17, 15) is 14.4 Å². The van der Waals surface area contributed by atoms with Crippen LogP contribution >= 0.6 is 11.3 Å². The number of thiophene rings is 1. The van der Waals surface area contributed by atoms with Gasteiger partial charge in [-0.15, -0.1) is 11.3 Å². The van der Waals surface area contributed by atoms with Crippen LogP contribution in [0.3, 0.4) is 0 Å². The van der Waals surface area contributed by atoms with Gasteiger partial charge in [0.05, 0.1) is 5.56 Å². The molecule has 7 heteroatoms. The summed E-state index contributed by atoms with van der Waals surface area (Å²) in [5.41, 5.74) is 6.07. The Morgan fingerprint density at radius 3 is 2.38 bits per heavy atom. The molecule has 3 N–H and O–H groups in total. The van der Waals surface area contributed by atoms with Crippen LogP contribution in [0.25, 0.3) is 32.2 Å². The lowest BCUT2D eigenvalue weighted by atomic mass is 10.0. The van der Waals surface area contributed by atoms with Gasteiger partial charge >= 0.3 is 5.63 Å². The maximum absolute atomic E-state index is 13.0. The summed E-state index contributed by atoms with van der Waals surface area (Å²) in [7, 11) is 0. The third-order valence-corrected chi connectivity index (χ3v) is 6.27. The second kappa shape index (κ2) is 7.79. The van der Waals surface area contributed by atoms with Crippen molar-refractivity contribution in [3.05, 3.63) is 100 Å². The normalized spacial score (nSPS) is 11.0. The second-order valence-electron chi connectivity index (χ2n) is 7.18. The molecule has 0 bridgehead atoms. The van der Waals surface area contributed by atoms with E-state index >= 15 is 0 Å². The Labute approximate surface area is 185 Å². The van der Waals surface area contributed by atoms with Crippen LogP contribution in [-0.2, 0) is 0 Å². The van der Waals surface area contributed by atoms with Gasteiger partial charge in [-0.3, -0.25) is 9.59 Å². The zero-order chi connectivity index (χ0) is 22.2. The van der Waals surface area contributed by atoms with Crippen molar-refractivity contribution in [2.24, 2.45) is 5.73 Å². The summed E-state index contributed by atoms with van der Waals surface area (Å²) in [5, 5.41) is 5.42. The van der Waals surface area contributed by atoms with E-state index in [1.165, 1.54) is 17.4 Å². The minimum Gasteiger partial charge on any atom is -0.422 e. The van der Waals surface area contributed by atoms with E-state index < -0.39 is 17.4 Å². The van der Waals surface area contributed by atoms with Crippen LogP contribution in [0, 0.1) is 0 Å². The molecule has 0 fully saturated rings. The first-order valence-corrected chi connectivity index (χ1v) is 10.6. The average molecular weight is 440 g/mol. The number of carbonyl (C=O) groups is 2. The number of carbonyl (C=O) groups excluding carboxylic acids is 2. The van der Waals surface area contributed by atoms with Gasteiger partial charge in [0.25, 0.3) is 11.8 Å². The van der Waals surface area contributed by atoms with Crippen molar-refractivity contribution >= 4 is 49.9 Å². The van der Waals surface area contributed by atoms with Gasteiger partial charge in [0.15, 0.2) is 0 Å². The molecule has 6 nitrogen and oxygen atoms in total. The number of amides is 2. The molecule has 2 amide bonds. The Balaban J connectivity index is 1.57. The van der Waals surface area contributed by atoms with Crippen LogP contribution in [0.15, 0.2) is 88.1 Å². The number of nitrogens with one attached hydrogen (secondary N) is 1. The van der Waals surface area contributed by atoms with Gasteiger partial charge in [-0.25, -0.2) is 4.79 Å². The standard InChI is InChI=1S/C25H16N2O4S/c26-22(28)18-13-21(15-7-2-1-3-8-15)32-24(18)27-23(29)19-12-17-16-9-5-4-6-14(16)10-11-20(17)31-25(19)30/h1-13H,(H2,26,28)(H,27,29). The molecule has 0 spiro atoms. The number of rotatable bonds is 4. The quantitative estimate of drug-likeness (QED) is 0.302. The van der Waals surface area contributed by atoms with Crippen molar-refractivity contribution in [1.82, 2.24) is 0 Å². The highest BCUT2D eigenvalue weighted by atomic mass is 32.1. The molecule has 5 aromatic rings. The molecular weight excluding hydrogens is 424 g/mol. The molecule has 3 aromatic carbocycles. The van der Waals surface area contributed by atoms with Gasteiger partial charge in [0, 0.05) is 10.3 Å². The Bertz CT molecular complexity index is 1570. The maximum atomic E-state index is 13.0. The number of hydrogen-bond donors (Lipinski definition) is 2. The predicted molar refractivity (Wildman–Crippen MR) is 126 cm³/mol. The number of primary amides is 1. The van der Waals surface area contributed by atoms with Crippen LogP contribution in [-0.4, -0.2) is 11.8 Å². The van der Waals surface area contributed by atoms with Crippen LogP contribution < -0.4 is 16.7 Å². The molecule has 0 aliphatic carbocycles. The fourth-order valence-electron chi connectivity index (χ4n) is 3.61. The summed E-state index contributed by atoms with van der Waals surface area (Å²) in [4.78, 5) is 38.3. The summed E-state index contributed by atoms with van der Waals surface area (Å²) < 4.78 is 5.41. The minimum atomic E-state index is -0.759.